The maximum absolute atomic E-state index is 12.9. The van der Waals surface area contributed by atoms with Crippen LogP contribution in [0, 0.1) is 5.92 Å². The minimum atomic E-state index is -0.265. The molecule has 1 heterocycles. The first-order valence-electron chi connectivity index (χ1n) is 8.39. The number of hydrogen-bond donors (Lipinski definition) is 2. The molecule has 23 heavy (non-hydrogen) atoms. The second kappa shape index (κ2) is 9.30. The highest BCUT2D eigenvalue weighted by molar-refractivity contribution is 7.99. The fraction of sp³-hybridized carbons (Fsp3) is 0.611. The largest absolute Gasteiger partial charge is 0.394 e. The fourth-order valence-electron chi connectivity index (χ4n) is 3.03. The van der Waals surface area contributed by atoms with Crippen molar-refractivity contribution in [2.24, 2.45) is 5.92 Å². The first-order chi connectivity index (χ1) is 11.1. The van der Waals surface area contributed by atoms with E-state index in [1.54, 1.807) is 0 Å². The highest BCUT2D eigenvalue weighted by Crippen LogP contribution is 2.24. The van der Waals surface area contributed by atoms with Gasteiger partial charge in [-0.3, -0.25) is 9.69 Å². The van der Waals surface area contributed by atoms with E-state index >= 15 is 0 Å². The van der Waals surface area contributed by atoms with Gasteiger partial charge in [-0.2, -0.15) is 11.8 Å². The second-order valence-corrected chi connectivity index (χ2v) is 7.70. The highest BCUT2D eigenvalue weighted by Gasteiger charge is 2.30. The summed E-state index contributed by atoms with van der Waals surface area (Å²) in [6.07, 6.45) is 0.791. The molecule has 2 N–H and O–H groups in total. The molecule has 0 aliphatic carbocycles. The zero-order chi connectivity index (χ0) is 16.7. The van der Waals surface area contributed by atoms with Crippen molar-refractivity contribution in [1.82, 2.24) is 10.2 Å². The smallest absolute Gasteiger partial charge is 0.242 e. The third kappa shape index (κ3) is 5.52. The molecule has 1 amide bonds. The summed E-state index contributed by atoms with van der Waals surface area (Å²) < 4.78 is 0. The third-order valence-electron chi connectivity index (χ3n) is 4.10. The molecule has 2 rings (SSSR count). The molecule has 2 atom stereocenters. The van der Waals surface area contributed by atoms with Gasteiger partial charge in [0.15, 0.2) is 0 Å². The Morgan fingerprint density at radius 1 is 1.26 bits per heavy atom. The third-order valence-corrected chi connectivity index (χ3v) is 5.04. The summed E-state index contributed by atoms with van der Waals surface area (Å²) in [4.78, 5) is 15.2. The van der Waals surface area contributed by atoms with E-state index in [9.17, 15) is 9.90 Å². The van der Waals surface area contributed by atoms with Crippen molar-refractivity contribution < 1.29 is 9.90 Å². The van der Waals surface area contributed by atoms with Gasteiger partial charge in [-0.25, -0.2) is 0 Å². The topological polar surface area (TPSA) is 52.6 Å². The molecule has 0 radical (unpaired) electrons. The summed E-state index contributed by atoms with van der Waals surface area (Å²) in [5, 5.41) is 12.6. The molecule has 1 saturated heterocycles. The van der Waals surface area contributed by atoms with Crippen molar-refractivity contribution in [1.29, 1.82) is 0 Å². The lowest BCUT2D eigenvalue weighted by molar-refractivity contribution is -0.127. The normalized spacial score (nSPS) is 18.6. The summed E-state index contributed by atoms with van der Waals surface area (Å²) in [5.41, 5.74) is 1.03. The Morgan fingerprint density at radius 2 is 1.91 bits per heavy atom. The van der Waals surface area contributed by atoms with Crippen molar-refractivity contribution in [3.63, 3.8) is 0 Å². The SMILES string of the molecule is CC(C)CC(CO)NC(=O)C(c1ccccc1)N1CCSCC1. The van der Waals surface area contributed by atoms with Crippen LogP contribution in [0.2, 0.25) is 0 Å². The van der Waals surface area contributed by atoms with Crippen LogP contribution in [0.25, 0.3) is 0 Å². The average molecular weight is 337 g/mol. The number of rotatable bonds is 7. The summed E-state index contributed by atoms with van der Waals surface area (Å²) in [7, 11) is 0. The van der Waals surface area contributed by atoms with E-state index in [2.05, 4.69) is 24.1 Å². The van der Waals surface area contributed by atoms with Gasteiger partial charge in [0.05, 0.1) is 12.6 Å². The van der Waals surface area contributed by atoms with Crippen molar-refractivity contribution in [2.45, 2.75) is 32.4 Å². The molecular formula is C18H28N2O2S. The van der Waals surface area contributed by atoms with E-state index in [4.69, 9.17) is 0 Å². The van der Waals surface area contributed by atoms with Crippen molar-refractivity contribution in [2.75, 3.05) is 31.2 Å². The van der Waals surface area contributed by atoms with E-state index in [0.29, 0.717) is 5.92 Å². The number of benzene rings is 1. The zero-order valence-electron chi connectivity index (χ0n) is 14.1. The van der Waals surface area contributed by atoms with Crippen LogP contribution in [0.1, 0.15) is 31.9 Å². The van der Waals surface area contributed by atoms with Crippen molar-refractivity contribution in [3.8, 4) is 0 Å². The van der Waals surface area contributed by atoms with Gasteiger partial charge in [-0.1, -0.05) is 44.2 Å². The quantitative estimate of drug-likeness (QED) is 0.802. The minimum absolute atomic E-state index is 0.00259. The first-order valence-corrected chi connectivity index (χ1v) is 9.55. The number of hydrogen-bond acceptors (Lipinski definition) is 4. The summed E-state index contributed by atoms with van der Waals surface area (Å²) in [6.45, 7) is 6.04. The maximum Gasteiger partial charge on any atom is 0.242 e. The Kier molecular flexibility index (Phi) is 7.40. The molecule has 1 fully saturated rings. The Morgan fingerprint density at radius 3 is 2.48 bits per heavy atom. The van der Waals surface area contributed by atoms with E-state index in [0.717, 1.165) is 36.6 Å². The lowest BCUT2D eigenvalue weighted by atomic mass is 10.0. The molecule has 5 heteroatoms. The zero-order valence-corrected chi connectivity index (χ0v) is 14.9. The number of thioether (sulfide) groups is 1. The molecule has 0 bridgehead atoms. The second-order valence-electron chi connectivity index (χ2n) is 6.48. The molecule has 0 aromatic heterocycles. The molecule has 1 aliphatic heterocycles. The number of carbonyl (C=O) groups is 1. The molecule has 128 valence electrons. The van der Waals surface area contributed by atoms with Crippen LogP contribution >= 0.6 is 11.8 Å². The first kappa shape index (κ1) is 18.3. The Bertz CT molecular complexity index is 475. The minimum Gasteiger partial charge on any atom is -0.394 e. The van der Waals surface area contributed by atoms with Gasteiger partial charge >= 0.3 is 0 Å². The van der Waals surface area contributed by atoms with Gasteiger partial charge in [0.1, 0.15) is 6.04 Å². The van der Waals surface area contributed by atoms with Crippen LogP contribution in [0.4, 0.5) is 0 Å². The number of aliphatic hydroxyl groups is 1. The van der Waals surface area contributed by atoms with Crippen molar-refractivity contribution >= 4 is 17.7 Å². The predicted octanol–water partition coefficient (Wildman–Crippen LogP) is 2.30. The van der Waals surface area contributed by atoms with Crippen LogP contribution in [-0.2, 0) is 4.79 Å². The maximum atomic E-state index is 12.9. The molecule has 0 spiro atoms. The van der Waals surface area contributed by atoms with Crippen LogP contribution in [0.3, 0.4) is 0 Å². The Labute approximate surface area is 143 Å². The van der Waals surface area contributed by atoms with Crippen LogP contribution < -0.4 is 5.32 Å². The van der Waals surface area contributed by atoms with Gasteiger partial charge in [-0.05, 0) is 17.9 Å². The number of amides is 1. The van der Waals surface area contributed by atoms with E-state index < -0.39 is 0 Å². The number of aliphatic hydroxyl groups excluding tert-OH is 1. The average Bonchev–Trinajstić information content (AvgIpc) is 2.56. The molecule has 1 aliphatic rings. The Balaban J connectivity index is 2.13. The summed E-state index contributed by atoms with van der Waals surface area (Å²) in [5.74, 6) is 2.56. The summed E-state index contributed by atoms with van der Waals surface area (Å²) in [6, 6.07) is 9.52. The highest BCUT2D eigenvalue weighted by atomic mass is 32.2. The standard InChI is InChI=1S/C18H28N2O2S/c1-14(2)12-16(13-21)19-18(22)17(15-6-4-3-5-7-15)20-8-10-23-11-9-20/h3-7,14,16-17,21H,8-13H2,1-2H3,(H,19,22). The monoisotopic (exact) mass is 336 g/mol. The molecule has 4 nitrogen and oxygen atoms in total. The number of nitrogens with one attached hydrogen (secondary N) is 1. The van der Waals surface area contributed by atoms with Crippen molar-refractivity contribution in [3.05, 3.63) is 35.9 Å². The summed E-state index contributed by atoms with van der Waals surface area (Å²) >= 11 is 1.94. The molecular weight excluding hydrogens is 308 g/mol. The van der Waals surface area contributed by atoms with Crippen LogP contribution in [-0.4, -0.2) is 53.2 Å². The van der Waals surface area contributed by atoms with E-state index in [1.165, 1.54) is 0 Å². The van der Waals surface area contributed by atoms with Crippen LogP contribution in [0.5, 0.6) is 0 Å². The molecule has 2 unspecified atom stereocenters. The van der Waals surface area contributed by atoms with Gasteiger partial charge in [0.25, 0.3) is 0 Å². The van der Waals surface area contributed by atoms with Gasteiger partial charge < -0.3 is 10.4 Å². The predicted molar refractivity (Wildman–Crippen MR) is 96.6 cm³/mol. The van der Waals surface area contributed by atoms with Crippen LogP contribution in [0.15, 0.2) is 30.3 Å². The lowest BCUT2D eigenvalue weighted by Gasteiger charge is -2.34. The van der Waals surface area contributed by atoms with E-state index in [1.807, 2.05) is 42.1 Å². The molecule has 1 aromatic carbocycles. The molecule has 1 aromatic rings. The lowest BCUT2D eigenvalue weighted by Crippen LogP contribution is -2.48. The number of carbonyl (C=O) groups excluding carboxylic acids is 1. The van der Waals surface area contributed by atoms with Gasteiger partial charge in [0, 0.05) is 24.6 Å². The number of nitrogens with zero attached hydrogens (tertiary/aromatic N) is 1. The molecule has 0 saturated carbocycles. The fourth-order valence-corrected chi connectivity index (χ4v) is 3.96. The Hall–Kier alpha value is -1.04. The van der Waals surface area contributed by atoms with E-state index in [-0.39, 0.29) is 24.6 Å². The van der Waals surface area contributed by atoms with Gasteiger partial charge in [0.2, 0.25) is 5.91 Å². The van der Waals surface area contributed by atoms with Gasteiger partial charge in [-0.15, -0.1) is 0 Å².